The average Bonchev–Trinajstić information content (AvgIpc) is 2.71. The Labute approximate surface area is 135 Å². The zero-order valence-corrected chi connectivity index (χ0v) is 12.9. The van der Waals surface area contributed by atoms with Crippen molar-refractivity contribution < 1.29 is 14.7 Å². The molecule has 1 aromatic carbocycles. The smallest absolute Gasteiger partial charge is 0.337 e. The van der Waals surface area contributed by atoms with Gasteiger partial charge in [0.2, 0.25) is 0 Å². The average molecular weight is 348 g/mol. The van der Waals surface area contributed by atoms with Gasteiger partial charge in [-0.3, -0.25) is 4.79 Å². The quantitative estimate of drug-likeness (QED) is 0.883. The Morgan fingerprint density at radius 2 is 1.81 bits per heavy atom. The molecule has 1 heterocycles. The van der Waals surface area contributed by atoms with Crippen molar-refractivity contribution in [2.75, 3.05) is 5.32 Å². The number of nitrogens with zero attached hydrogens (tertiary/aromatic N) is 1. The van der Waals surface area contributed by atoms with Crippen molar-refractivity contribution >= 4 is 52.4 Å². The SMILES string of the molecule is Cn1cc(Cl)cc1C(=O)Nc1c(Cl)cc(Cl)cc1C(=O)O. The molecule has 5 nitrogen and oxygen atoms in total. The second-order valence-electron chi connectivity index (χ2n) is 4.22. The van der Waals surface area contributed by atoms with Gasteiger partial charge in [-0.1, -0.05) is 34.8 Å². The fourth-order valence-corrected chi connectivity index (χ4v) is 2.59. The number of carboxylic acids is 1. The summed E-state index contributed by atoms with van der Waals surface area (Å²) in [5.74, 6) is -1.78. The lowest BCUT2D eigenvalue weighted by atomic mass is 10.1. The van der Waals surface area contributed by atoms with E-state index < -0.39 is 11.9 Å². The normalized spacial score (nSPS) is 10.5. The van der Waals surface area contributed by atoms with Gasteiger partial charge in [0.25, 0.3) is 5.91 Å². The molecule has 0 radical (unpaired) electrons. The van der Waals surface area contributed by atoms with Gasteiger partial charge < -0.3 is 15.0 Å². The predicted molar refractivity (Wildman–Crippen MR) is 81.8 cm³/mol. The largest absolute Gasteiger partial charge is 0.478 e. The van der Waals surface area contributed by atoms with Crippen LogP contribution in [0.25, 0.3) is 0 Å². The van der Waals surface area contributed by atoms with Gasteiger partial charge in [-0.15, -0.1) is 0 Å². The van der Waals surface area contributed by atoms with Gasteiger partial charge in [0.15, 0.2) is 0 Å². The standard InChI is InChI=1S/C13H9Cl3N2O3/c1-18-5-7(15)4-10(18)12(19)17-11-8(13(20)21)2-6(14)3-9(11)16/h2-5H,1H3,(H,17,19)(H,20,21). The van der Waals surface area contributed by atoms with Crippen molar-refractivity contribution in [2.24, 2.45) is 7.05 Å². The third-order valence-electron chi connectivity index (χ3n) is 2.73. The first-order chi connectivity index (χ1) is 9.79. The minimum atomic E-state index is -1.25. The molecule has 0 saturated heterocycles. The summed E-state index contributed by atoms with van der Waals surface area (Å²) in [6, 6.07) is 4.02. The maximum atomic E-state index is 12.2. The highest BCUT2D eigenvalue weighted by Crippen LogP contribution is 2.31. The number of carboxylic acid groups (broad SMARTS) is 1. The Morgan fingerprint density at radius 3 is 2.33 bits per heavy atom. The number of aryl methyl sites for hydroxylation is 1. The number of hydrogen-bond donors (Lipinski definition) is 2. The number of benzene rings is 1. The van der Waals surface area contributed by atoms with Crippen LogP contribution in [0.5, 0.6) is 0 Å². The fraction of sp³-hybridized carbons (Fsp3) is 0.0769. The van der Waals surface area contributed by atoms with Gasteiger partial charge in [-0.25, -0.2) is 4.79 Å². The number of nitrogens with one attached hydrogen (secondary N) is 1. The molecule has 0 saturated carbocycles. The molecule has 2 rings (SSSR count). The Balaban J connectivity index is 2.42. The van der Waals surface area contributed by atoms with Gasteiger partial charge in [0, 0.05) is 18.3 Å². The minimum absolute atomic E-state index is 0.0177. The zero-order valence-electron chi connectivity index (χ0n) is 10.7. The second-order valence-corrected chi connectivity index (χ2v) is 5.50. The second kappa shape index (κ2) is 5.97. The molecule has 0 aliphatic carbocycles. The molecule has 0 aliphatic rings. The fourth-order valence-electron chi connectivity index (χ4n) is 1.80. The molecule has 2 aromatic rings. The Morgan fingerprint density at radius 1 is 1.14 bits per heavy atom. The van der Waals surface area contributed by atoms with Crippen LogP contribution in [0.1, 0.15) is 20.8 Å². The molecular formula is C13H9Cl3N2O3. The van der Waals surface area contributed by atoms with Crippen LogP contribution in [0, 0.1) is 0 Å². The van der Waals surface area contributed by atoms with Crippen LogP contribution in [0.4, 0.5) is 5.69 Å². The molecule has 2 N–H and O–H groups in total. The molecule has 0 spiro atoms. The highest BCUT2D eigenvalue weighted by Gasteiger charge is 2.19. The number of aromatic carboxylic acids is 1. The van der Waals surface area contributed by atoms with Crippen molar-refractivity contribution in [3.63, 3.8) is 0 Å². The van der Waals surface area contributed by atoms with Crippen molar-refractivity contribution in [2.45, 2.75) is 0 Å². The third-order valence-corrected chi connectivity index (χ3v) is 3.45. The number of rotatable bonds is 3. The van der Waals surface area contributed by atoms with E-state index in [9.17, 15) is 9.59 Å². The molecule has 0 aliphatic heterocycles. The Hall–Kier alpha value is -1.69. The highest BCUT2D eigenvalue weighted by atomic mass is 35.5. The lowest BCUT2D eigenvalue weighted by Crippen LogP contribution is -2.17. The van der Waals surface area contributed by atoms with Crippen molar-refractivity contribution in [1.82, 2.24) is 4.57 Å². The maximum Gasteiger partial charge on any atom is 0.337 e. The van der Waals surface area contributed by atoms with Crippen LogP contribution in [-0.4, -0.2) is 21.6 Å². The number of hydrogen-bond acceptors (Lipinski definition) is 2. The van der Waals surface area contributed by atoms with Gasteiger partial charge in [-0.2, -0.15) is 0 Å². The monoisotopic (exact) mass is 346 g/mol. The summed E-state index contributed by atoms with van der Waals surface area (Å²) in [7, 11) is 1.64. The first kappa shape index (κ1) is 15.7. The van der Waals surface area contributed by atoms with E-state index in [1.54, 1.807) is 13.2 Å². The van der Waals surface area contributed by atoms with E-state index in [-0.39, 0.29) is 27.0 Å². The molecule has 21 heavy (non-hydrogen) atoms. The van der Waals surface area contributed by atoms with Crippen molar-refractivity contribution in [1.29, 1.82) is 0 Å². The van der Waals surface area contributed by atoms with Crippen LogP contribution in [0.15, 0.2) is 24.4 Å². The van der Waals surface area contributed by atoms with Crippen LogP contribution in [-0.2, 0) is 7.05 Å². The summed E-state index contributed by atoms with van der Waals surface area (Å²) in [6.07, 6.45) is 1.55. The number of halogens is 3. The Kier molecular flexibility index (Phi) is 4.46. The molecular weight excluding hydrogens is 339 g/mol. The molecule has 1 aromatic heterocycles. The summed E-state index contributed by atoms with van der Waals surface area (Å²) < 4.78 is 1.52. The van der Waals surface area contributed by atoms with Crippen LogP contribution in [0.3, 0.4) is 0 Å². The van der Waals surface area contributed by atoms with Crippen molar-refractivity contribution in [3.8, 4) is 0 Å². The van der Waals surface area contributed by atoms with E-state index >= 15 is 0 Å². The molecule has 110 valence electrons. The third kappa shape index (κ3) is 3.32. The van der Waals surface area contributed by atoms with E-state index in [0.717, 1.165) is 0 Å². The van der Waals surface area contributed by atoms with E-state index in [2.05, 4.69) is 5.32 Å². The van der Waals surface area contributed by atoms with Crippen LogP contribution >= 0.6 is 34.8 Å². The number of aromatic nitrogens is 1. The highest BCUT2D eigenvalue weighted by molar-refractivity contribution is 6.38. The minimum Gasteiger partial charge on any atom is -0.478 e. The first-order valence-corrected chi connectivity index (χ1v) is 6.78. The van der Waals surface area contributed by atoms with E-state index in [4.69, 9.17) is 39.9 Å². The first-order valence-electron chi connectivity index (χ1n) is 5.65. The van der Waals surface area contributed by atoms with Gasteiger partial charge >= 0.3 is 5.97 Å². The zero-order chi connectivity index (χ0) is 15.7. The lowest BCUT2D eigenvalue weighted by molar-refractivity contribution is 0.0698. The number of carbonyl (C=O) groups excluding carboxylic acids is 1. The Bertz CT molecular complexity index is 741. The van der Waals surface area contributed by atoms with Crippen LogP contribution < -0.4 is 5.32 Å². The maximum absolute atomic E-state index is 12.2. The molecule has 1 amide bonds. The number of carbonyl (C=O) groups is 2. The summed E-state index contributed by atoms with van der Waals surface area (Å²) in [5.41, 5.74) is 0.0550. The van der Waals surface area contributed by atoms with E-state index in [1.165, 1.54) is 22.8 Å². The lowest BCUT2D eigenvalue weighted by Gasteiger charge is -2.11. The molecule has 8 heteroatoms. The van der Waals surface area contributed by atoms with E-state index in [1.807, 2.05) is 0 Å². The molecule has 0 unspecified atom stereocenters. The molecule has 0 bridgehead atoms. The van der Waals surface area contributed by atoms with Gasteiger partial charge in [0.1, 0.15) is 5.69 Å². The number of anilines is 1. The molecule has 0 fully saturated rings. The van der Waals surface area contributed by atoms with E-state index in [0.29, 0.717) is 5.02 Å². The van der Waals surface area contributed by atoms with Gasteiger partial charge in [-0.05, 0) is 18.2 Å². The number of amides is 1. The molecule has 0 atom stereocenters. The summed E-state index contributed by atoms with van der Waals surface area (Å²) in [4.78, 5) is 23.4. The summed E-state index contributed by atoms with van der Waals surface area (Å²) in [6.45, 7) is 0. The summed E-state index contributed by atoms with van der Waals surface area (Å²) in [5, 5.41) is 12.2. The van der Waals surface area contributed by atoms with Gasteiger partial charge in [0.05, 0.1) is 21.3 Å². The van der Waals surface area contributed by atoms with Crippen LogP contribution in [0.2, 0.25) is 15.1 Å². The topological polar surface area (TPSA) is 71.3 Å². The predicted octanol–water partition coefficient (Wildman–Crippen LogP) is 3.94. The summed E-state index contributed by atoms with van der Waals surface area (Å²) >= 11 is 17.5. The van der Waals surface area contributed by atoms with Crippen molar-refractivity contribution in [3.05, 3.63) is 50.7 Å².